The summed E-state index contributed by atoms with van der Waals surface area (Å²) in [7, 11) is 0. The molecule has 0 bridgehead atoms. The van der Waals surface area contributed by atoms with Crippen LogP contribution in [0.25, 0.3) is 0 Å². The number of ether oxygens (including phenoxy) is 1. The molecule has 0 aliphatic carbocycles. The Kier molecular flexibility index (Phi) is 6.98. The molecule has 0 unspecified atom stereocenters. The Morgan fingerprint density at radius 3 is 2.62 bits per heavy atom. The van der Waals surface area contributed by atoms with Gasteiger partial charge in [-0.15, -0.1) is 0 Å². The number of anilines is 2. The first-order valence-corrected chi connectivity index (χ1v) is 8.93. The van der Waals surface area contributed by atoms with E-state index in [2.05, 4.69) is 56.4 Å². The van der Waals surface area contributed by atoms with E-state index in [-0.39, 0.29) is 0 Å². The van der Waals surface area contributed by atoms with Crippen molar-refractivity contribution in [1.82, 2.24) is 0 Å². The van der Waals surface area contributed by atoms with Gasteiger partial charge in [-0.05, 0) is 54.5 Å². The predicted octanol–water partition coefficient (Wildman–Crippen LogP) is 4.91. The van der Waals surface area contributed by atoms with Crippen molar-refractivity contribution in [3.8, 4) is 5.75 Å². The van der Waals surface area contributed by atoms with Crippen LogP contribution < -0.4 is 15.8 Å². The molecular formula is C21H30N2O. The molecule has 2 aromatic rings. The molecular weight excluding hydrogens is 296 g/mol. The van der Waals surface area contributed by atoms with Crippen LogP contribution in [0.5, 0.6) is 5.75 Å². The molecule has 130 valence electrons. The minimum Gasteiger partial charge on any atom is -0.491 e. The molecule has 0 spiro atoms. The van der Waals surface area contributed by atoms with Gasteiger partial charge in [-0.2, -0.15) is 0 Å². The Hall–Kier alpha value is -2.16. The number of para-hydroxylation sites is 1. The molecule has 0 saturated heterocycles. The molecule has 0 fully saturated rings. The van der Waals surface area contributed by atoms with E-state index in [1.807, 2.05) is 12.1 Å². The number of hydrogen-bond acceptors (Lipinski definition) is 3. The van der Waals surface area contributed by atoms with E-state index < -0.39 is 0 Å². The summed E-state index contributed by atoms with van der Waals surface area (Å²) in [6.45, 7) is 8.11. The molecule has 24 heavy (non-hydrogen) atoms. The van der Waals surface area contributed by atoms with Crippen molar-refractivity contribution in [1.29, 1.82) is 0 Å². The summed E-state index contributed by atoms with van der Waals surface area (Å²) in [5.74, 6) is 1.29. The lowest BCUT2D eigenvalue weighted by Gasteiger charge is -2.13. The van der Waals surface area contributed by atoms with Crippen molar-refractivity contribution in [2.24, 2.45) is 5.92 Å². The van der Waals surface area contributed by atoms with Crippen molar-refractivity contribution < 1.29 is 4.74 Å². The molecule has 0 atom stereocenters. The third-order valence-corrected chi connectivity index (χ3v) is 4.00. The molecule has 3 N–H and O–H groups in total. The third-order valence-electron chi connectivity index (χ3n) is 4.00. The first-order valence-electron chi connectivity index (χ1n) is 8.93. The Labute approximate surface area is 146 Å². The van der Waals surface area contributed by atoms with Gasteiger partial charge < -0.3 is 15.8 Å². The van der Waals surface area contributed by atoms with Gasteiger partial charge >= 0.3 is 0 Å². The van der Waals surface area contributed by atoms with Crippen molar-refractivity contribution in [2.45, 2.75) is 40.0 Å². The molecule has 0 saturated carbocycles. The fourth-order valence-corrected chi connectivity index (χ4v) is 2.66. The SMILES string of the molecule is CCc1ccccc1NCCCc1ccc(OCC(C)C)c(N)c1. The normalized spacial score (nSPS) is 10.8. The van der Waals surface area contributed by atoms with Crippen LogP contribution in [0.2, 0.25) is 0 Å². The van der Waals surface area contributed by atoms with Gasteiger partial charge in [-0.25, -0.2) is 0 Å². The molecule has 0 aliphatic heterocycles. The Morgan fingerprint density at radius 1 is 1.12 bits per heavy atom. The zero-order valence-corrected chi connectivity index (χ0v) is 15.1. The van der Waals surface area contributed by atoms with Crippen LogP contribution in [0.1, 0.15) is 38.3 Å². The van der Waals surface area contributed by atoms with Crippen LogP contribution in [-0.4, -0.2) is 13.2 Å². The second-order valence-corrected chi connectivity index (χ2v) is 6.62. The molecule has 3 heteroatoms. The molecule has 3 nitrogen and oxygen atoms in total. The number of aryl methyl sites for hydroxylation is 2. The minimum absolute atomic E-state index is 0.501. The van der Waals surface area contributed by atoms with Gasteiger partial charge in [0.25, 0.3) is 0 Å². The van der Waals surface area contributed by atoms with Gasteiger partial charge in [-0.1, -0.05) is 45.0 Å². The second-order valence-electron chi connectivity index (χ2n) is 6.62. The van der Waals surface area contributed by atoms with Crippen LogP contribution in [0, 0.1) is 5.92 Å². The summed E-state index contributed by atoms with van der Waals surface area (Å²) in [5, 5.41) is 3.54. The van der Waals surface area contributed by atoms with Crippen molar-refractivity contribution in [2.75, 3.05) is 24.2 Å². The number of benzene rings is 2. The highest BCUT2D eigenvalue weighted by Crippen LogP contribution is 2.24. The lowest BCUT2D eigenvalue weighted by atomic mass is 10.1. The average molecular weight is 326 g/mol. The molecule has 2 rings (SSSR count). The standard InChI is InChI=1S/C21H30N2O/c1-4-18-9-5-6-10-20(18)23-13-7-8-17-11-12-21(19(22)14-17)24-15-16(2)3/h5-6,9-12,14,16,23H,4,7-8,13,15,22H2,1-3H3. The molecule has 0 amide bonds. The zero-order chi connectivity index (χ0) is 17.4. The van der Waals surface area contributed by atoms with E-state index in [1.54, 1.807) is 0 Å². The Morgan fingerprint density at radius 2 is 1.92 bits per heavy atom. The number of nitrogens with one attached hydrogen (secondary N) is 1. The lowest BCUT2D eigenvalue weighted by molar-refractivity contribution is 0.272. The maximum absolute atomic E-state index is 6.10. The smallest absolute Gasteiger partial charge is 0.142 e. The first-order chi connectivity index (χ1) is 11.6. The van der Waals surface area contributed by atoms with Crippen molar-refractivity contribution in [3.63, 3.8) is 0 Å². The summed E-state index contributed by atoms with van der Waals surface area (Å²) in [6, 6.07) is 14.7. The van der Waals surface area contributed by atoms with E-state index >= 15 is 0 Å². The highest BCUT2D eigenvalue weighted by Gasteiger charge is 2.04. The third kappa shape index (κ3) is 5.48. The van der Waals surface area contributed by atoms with Gasteiger partial charge in [0.2, 0.25) is 0 Å². The number of nitrogens with two attached hydrogens (primary N) is 1. The van der Waals surface area contributed by atoms with Crippen LogP contribution in [0.3, 0.4) is 0 Å². The summed E-state index contributed by atoms with van der Waals surface area (Å²) in [5.41, 5.74) is 10.7. The summed E-state index contributed by atoms with van der Waals surface area (Å²) < 4.78 is 5.72. The molecule has 0 aliphatic rings. The van der Waals surface area contributed by atoms with Gasteiger partial charge in [0, 0.05) is 12.2 Å². The number of nitrogen functional groups attached to an aromatic ring is 1. The zero-order valence-electron chi connectivity index (χ0n) is 15.1. The van der Waals surface area contributed by atoms with Gasteiger partial charge in [-0.3, -0.25) is 0 Å². The van der Waals surface area contributed by atoms with Crippen molar-refractivity contribution >= 4 is 11.4 Å². The monoisotopic (exact) mass is 326 g/mol. The Balaban J connectivity index is 1.81. The summed E-state index contributed by atoms with van der Waals surface area (Å²) in [6.07, 6.45) is 3.14. The van der Waals surface area contributed by atoms with Gasteiger partial charge in [0.05, 0.1) is 12.3 Å². The van der Waals surface area contributed by atoms with E-state index in [4.69, 9.17) is 10.5 Å². The summed E-state index contributed by atoms with van der Waals surface area (Å²) >= 11 is 0. The number of hydrogen-bond donors (Lipinski definition) is 2. The second kappa shape index (κ2) is 9.21. The maximum atomic E-state index is 6.10. The van der Waals surface area contributed by atoms with Crippen LogP contribution >= 0.6 is 0 Å². The van der Waals surface area contributed by atoms with E-state index in [9.17, 15) is 0 Å². The van der Waals surface area contributed by atoms with E-state index in [1.165, 1.54) is 16.8 Å². The van der Waals surface area contributed by atoms with Crippen molar-refractivity contribution in [3.05, 3.63) is 53.6 Å². The largest absolute Gasteiger partial charge is 0.491 e. The fourth-order valence-electron chi connectivity index (χ4n) is 2.66. The quantitative estimate of drug-likeness (QED) is 0.508. The van der Waals surface area contributed by atoms with Crippen LogP contribution in [0.15, 0.2) is 42.5 Å². The van der Waals surface area contributed by atoms with E-state index in [0.717, 1.165) is 37.2 Å². The fraction of sp³-hybridized carbons (Fsp3) is 0.429. The maximum Gasteiger partial charge on any atom is 0.142 e. The minimum atomic E-state index is 0.501. The highest BCUT2D eigenvalue weighted by molar-refractivity contribution is 5.54. The van der Waals surface area contributed by atoms with Crippen LogP contribution in [-0.2, 0) is 12.8 Å². The van der Waals surface area contributed by atoms with Gasteiger partial charge in [0.15, 0.2) is 0 Å². The molecule has 2 aromatic carbocycles. The topological polar surface area (TPSA) is 47.3 Å². The number of rotatable bonds is 9. The Bertz CT molecular complexity index is 637. The molecule has 0 radical (unpaired) electrons. The van der Waals surface area contributed by atoms with Gasteiger partial charge in [0.1, 0.15) is 5.75 Å². The predicted molar refractivity (Wildman–Crippen MR) is 104 cm³/mol. The lowest BCUT2D eigenvalue weighted by Crippen LogP contribution is -2.07. The average Bonchev–Trinajstić information content (AvgIpc) is 2.58. The van der Waals surface area contributed by atoms with E-state index in [0.29, 0.717) is 12.5 Å². The molecule has 0 aromatic heterocycles. The highest BCUT2D eigenvalue weighted by atomic mass is 16.5. The van der Waals surface area contributed by atoms with Crippen LogP contribution in [0.4, 0.5) is 11.4 Å². The molecule has 0 heterocycles. The summed E-state index contributed by atoms with van der Waals surface area (Å²) in [4.78, 5) is 0. The first kappa shape index (κ1) is 18.2.